The van der Waals surface area contributed by atoms with Gasteiger partial charge in [0.15, 0.2) is 17.6 Å². The third-order valence-electron chi connectivity index (χ3n) is 4.37. The molecular weight excluding hydrogens is 366 g/mol. The molecule has 1 aliphatic heterocycles. The van der Waals surface area contributed by atoms with E-state index in [1.54, 1.807) is 24.3 Å². The van der Waals surface area contributed by atoms with Crippen LogP contribution in [0.5, 0.6) is 11.5 Å². The molecule has 0 spiro atoms. The van der Waals surface area contributed by atoms with Crippen LogP contribution in [0.4, 0.5) is 5.69 Å². The van der Waals surface area contributed by atoms with Gasteiger partial charge >= 0.3 is 11.9 Å². The number of esters is 2. The first-order valence-corrected chi connectivity index (χ1v) is 8.42. The minimum Gasteiger partial charge on any atom is -0.493 e. The van der Waals surface area contributed by atoms with E-state index in [4.69, 9.17) is 18.9 Å². The molecule has 0 aliphatic carbocycles. The van der Waals surface area contributed by atoms with Crippen molar-refractivity contribution in [1.82, 2.24) is 0 Å². The van der Waals surface area contributed by atoms with E-state index < -0.39 is 23.9 Å². The molecule has 0 radical (unpaired) electrons. The highest BCUT2D eigenvalue weighted by Crippen LogP contribution is 2.34. The van der Waals surface area contributed by atoms with E-state index in [-0.39, 0.29) is 17.7 Å². The molecule has 8 heteroatoms. The molecule has 0 saturated heterocycles. The highest BCUT2D eigenvalue weighted by atomic mass is 16.5. The zero-order valence-corrected chi connectivity index (χ0v) is 15.6. The lowest BCUT2D eigenvalue weighted by atomic mass is 9.98. The predicted molar refractivity (Wildman–Crippen MR) is 98.9 cm³/mol. The lowest BCUT2D eigenvalue weighted by Gasteiger charge is -2.24. The first kappa shape index (κ1) is 19.2. The van der Waals surface area contributed by atoms with Crippen LogP contribution in [0.2, 0.25) is 0 Å². The molecule has 1 unspecified atom stereocenters. The molecule has 3 rings (SSSR count). The number of carbonyl (C=O) groups is 3. The fourth-order valence-electron chi connectivity index (χ4n) is 2.95. The first-order chi connectivity index (χ1) is 13.5. The molecule has 0 aromatic heterocycles. The Balaban J connectivity index is 1.89. The summed E-state index contributed by atoms with van der Waals surface area (Å²) in [5.41, 5.74) is 1.40. The average Bonchev–Trinajstić information content (AvgIpc) is 2.72. The summed E-state index contributed by atoms with van der Waals surface area (Å²) in [4.78, 5) is 37.0. The molecule has 2 aromatic rings. The van der Waals surface area contributed by atoms with Crippen molar-refractivity contribution in [1.29, 1.82) is 0 Å². The van der Waals surface area contributed by atoms with Gasteiger partial charge < -0.3 is 24.3 Å². The Labute approximate surface area is 161 Å². The molecule has 1 atom stereocenters. The summed E-state index contributed by atoms with van der Waals surface area (Å²) < 4.78 is 20.4. The third-order valence-corrected chi connectivity index (χ3v) is 4.37. The number of rotatable bonds is 5. The van der Waals surface area contributed by atoms with Gasteiger partial charge in [-0.2, -0.15) is 0 Å². The van der Waals surface area contributed by atoms with E-state index in [1.165, 1.54) is 33.5 Å². The van der Waals surface area contributed by atoms with E-state index in [0.29, 0.717) is 17.1 Å². The number of methoxy groups -OCH3 is 3. The molecule has 0 saturated carbocycles. The van der Waals surface area contributed by atoms with Gasteiger partial charge in [0.25, 0.3) is 5.91 Å². The number of fused-ring (bicyclic) bond motifs is 1. The Morgan fingerprint density at radius 1 is 1.07 bits per heavy atom. The number of benzene rings is 2. The van der Waals surface area contributed by atoms with Crippen molar-refractivity contribution in [3.05, 3.63) is 53.1 Å². The standard InChI is InChI=1S/C20H19NO7/c1-25-15-9-13(19(23)27-3)14(10-16(15)26-2)21-18(22)17-8-11-6-4-5-7-12(11)20(24)28-17/h4-7,9-10,17H,8H2,1-3H3,(H,21,22). The van der Waals surface area contributed by atoms with Gasteiger partial charge in [-0.3, -0.25) is 4.79 Å². The Hall–Kier alpha value is -3.55. The largest absolute Gasteiger partial charge is 0.493 e. The molecule has 1 heterocycles. The van der Waals surface area contributed by atoms with E-state index in [1.807, 2.05) is 0 Å². The van der Waals surface area contributed by atoms with Gasteiger partial charge in [-0.05, 0) is 11.6 Å². The molecule has 2 aromatic carbocycles. The molecule has 1 amide bonds. The maximum atomic E-state index is 12.7. The van der Waals surface area contributed by atoms with Crippen molar-refractivity contribution in [2.45, 2.75) is 12.5 Å². The highest BCUT2D eigenvalue weighted by molar-refractivity contribution is 6.05. The van der Waals surface area contributed by atoms with E-state index in [0.717, 1.165) is 5.56 Å². The summed E-state index contributed by atoms with van der Waals surface area (Å²) in [6.45, 7) is 0. The minimum atomic E-state index is -1.03. The van der Waals surface area contributed by atoms with Crippen molar-refractivity contribution >= 4 is 23.5 Å². The molecule has 146 valence electrons. The second-order valence-electron chi connectivity index (χ2n) is 5.99. The van der Waals surface area contributed by atoms with Gasteiger partial charge in [0.2, 0.25) is 0 Å². The molecule has 0 bridgehead atoms. The molecular formula is C20H19NO7. The monoisotopic (exact) mass is 385 g/mol. The zero-order chi connectivity index (χ0) is 20.3. The normalized spacial score (nSPS) is 15.1. The minimum absolute atomic E-state index is 0.0797. The van der Waals surface area contributed by atoms with Crippen LogP contribution in [0.1, 0.15) is 26.3 Å². The molecule has 28 heavy (non-hydrogen) atoms. The molecule has 1 N–H and O–H groups in total. The maximum Gasteiger partial charge on any atom is 0.340 e. The van der Waals surface area contributed by atoms with Crippen LogP contribution in [-0.4, -0.2) is 45.3 Å². The Kier molecular flexibility index (Phi) is 5.49. The van der Waals surface area contributed by atoms with Gasteiger partial charge in [0.1, 0.15) is 0 Å². The summed E-state index contributed by atoms with van der Waals surface area (Å²) in [5, 5.41) is 2.62. The second kappa shape index (κ2) is 7.99. The maximum absolute atomic E-state index is 12.7. The van der Waals surface area contributed by atoms with Crippen LogP contribution in [-0.2, 0) is 20.7 Å². The molecule has 0 fully saturated rings. The van der Waals surface area contributed by atoms with Crippen LogP contribution in [0.25, 0.3) is 0 Å². The summed E-state index contributed by atoms with van der Waals surface area (Å²) in [6.07, 6.45) is -0.796. The van der Waals surface area contributed by atoms with Crippen molar-refractivity contribution in [3.8, 4) is 11.5 Å². The number of carbonyl (C=O) groups excluding carboxylic acids is 3. The van der Waals surface area contributed by atoms with Crippen LogP contribution in [0.3, 0.4) is 0 Å². The lowest BCUT2D eigenvalue weighted by molar-refractivity contribution is -0.125. The summed E-state index contributed by atoms with van der Waals surface area (Å²) >= 11 is 0. The number of amides is 1. The van der Waals surface area contributed by atoms with Gasteiger partial charge in [-0.1, -0.05) is 18.2 Å². The van der Waals surface area contributed by atoms with Gasteiger partial charge in [0, 0.05) is 18.6 Å². The van der Waals surface area contributed by atoms with E-state index in [9.17, 15) is 14.4 Å². The van der Waals surface area contributed by atoms with Crippen LogP contribution < -0.4 is 14.8 Å². The van der Waals surface area contributed by atoms with Crippen LogP contribution in [0, 0.1) is 0 Å². The molecule has 8 nitrogen and oxygen atoms in total. The van der Waals surface area contributed by atoms with E-state index in [2.05, 4.69) is 5.32 Å². The number of anilines is 1. The lowest BCUT2D eigenvalue weighted by Crippen LogP contribution is -2.38. The first-order valence-electron chi connectivity index (χ1n) is 8.42. The fraction of sp³-hybridized carbons (Fsp3) is 0.250. The SMILES string of the molecule is COC(=O)c1cc(OC)c(OC)cc1NC(=O)C1Cc2ccccc2C(=O)O1. The Morgan fingerprint density at radius 3 is 2.43 bits per heavy atom. The van der Waals surface area contributed by atoms with Crippen LogP contribution >= 0.6 is 0 Å². The molecule has 1 aliphatic rings. The smallest absolute Gasteiger partial charge is 0.340 e. The summed E-state index contributed by atoms with van der Waals surface area (Å²) in [7, 11) is 4.09. The highest BCUT2D eigenvalue weighted by Gasteiger charge is 2.32. The van der Waals surface area contributed by atoms with Crippen molar-refractivity contribution in [2.24, 2.45) is 0 Å². The number of hydrogen-bond donors (Lipinski definition) is 1. The fourth-order valence-corrected chi connectivity index (χ4v) is 2.95. The topological polar surface area (TPSA) is 100 Å². The van der Waals surface area contributed by atoms with E-state index >= 15 is 0 Å². The predicted octanol–water partition coefficient (Wildman–Crippen LogP) is 2.21. The quantitative estimate of drug-likeness (QED) is 0.788. The van der Waals surface area contributed by atoms with Crippen molar-refractivity contribution in [3.63, 3.8) is 0 Å². The summed E-state index contributed by atoms with van der Waals surface area (Å²) in [5.74, 6) is -1.18. The number of cyclic esters (lactones) is 1. The number of ether oxygens (including phenoxy) is 4. The average molecular weight is 385 g/mol. The van der Waals surface area contributed by atoms with Gasteiger partial charge in [-0.15, -0.1) is 0 Å². The Morgan fingerprint density at radius 2 is 1.75 bits per heavy atom. The summed E-state index contributed by atoms with van der Waals surface area (Å²) in [6, 6.07) is 9.79. The van der Waals surface area contributed by atoms with Gasteiger partial charge in [0.05, 0.1) is 38.1 Å². The second-order valence-corrected chi connectivity index (χ2v) is 5.99. The van der Waals surface area contributed by atoms with Crippen molar-refractivity contribution in [2.75, 3.05) is 26.6 Å². The van der Waals surface area contributed by atoms with Crippen LogP contribution in [0.15, 0.2) is 36.4 Å². The van der Waals surface area contributed by atoms with Crippen molar-refractivity contribution < 1.29 is 33.3 Å². The zero-order valence-electron chi connectivity index (χ0n) is 15.6. The third kappa shape index (κ3) is 3.62. The number of hydrogen-bond acceptors (Lipinski definition) is 7. The Bertz CT molecular complexity index is 938. The number of nitrogens with one attached hydrogen (secondary N) is 1. The van der Waals surface area contributed by atoms with Gasteiger partial charge in [-0.25, -0.2) is 9.59 Å².